The molecule has 0 aliphatic carbocycles. The van der Waals surface area contributed by atoms with E-state index >= 15 is 0 Å². The second-order valence-electron chi connectivity index (χ2n) is 6.34. The Labute approximate surface area is 146 Å². The van der Waals surface area contributed by atoms with Crippen molar-refractivity contribution in [1.29, 1.82) is 0 Å². The summed E-state index contributed by atoms with van der Waals surface area (Å²) in [5, 5.41) is 0.0599. The number of piperazine rings is 1. The molecule has 0 saturated carbocycles. The molecule has 2 aromatic rings. The smallest absolute Gasteiger partial charge is 0.236 e. The van der Waals surface area contributed by atoms with Gasteiger partial charge in [0, 0.05) is 43.8 Å². The molecule has 124 valence electrons. The first-order chi connectivity index (χ1) is 11.8. The molecule has 1 saturated heterocycles. The Hall–Kier alpha value is -1.85. The highest BCUT2D eigenvalue weighted by molar-refractivity contribution is 8.01. The monoisotopic (exact) mass is 339 g/mol. The van der Waals surface area contributed by atoms with Crippen LogP contribution in [0.2, 0.25) is 0 Å². The lowest BCUT2D eigenvalue weighted by Crippen LogP contribution is -2.50. The number of amides is 1. The zero-order valence-corrected chi connectivity index (χ0v) is 14.4. The number of carbonyl (C=O) groups is 1. The van der Waals surface area contributed by atoms with Crippen LogP contribution >= 0.6 is 11.8 Å². The zero-order valence-electron chi connectivity index (χ0n) is 13.6. The Morgan fingerprint density at radius 2 is 1.88 bits per heavy atom. The molecule has 1 aromatic carbocycles. The van der Waals surface area contributed by atoms with Crippen molar-refractivity contribution in [2.45, 2.75) is 23.1 Å². The number of rotatable bonds is 3. The number of thioether (sulfide) groups is 1. The second kappa shape index (κ2) is 6.95. The van der Waals surface area contributed by atoms with Gasteiger partial charge in [-0.3, -0.25) is 14.7 Å². The molecule has 4 nitrogen and oxygen atoms in total. The van der Waals surface area contributed by atoms with Crippen LogP contribution in [0.15, 0.2) is 53.6 Å². The number of fused-ring (bicyclic) bond motifs is 1. The molecule has 1 aromatic heterocycles. The minimum atomic E-state index is 0.0599. The number of nitrogens with zero attached hydrogens (tertiary/aromatic N) is 3. The van der Waals surface area contributed by atoms with Crippen LogP contribution in [0.1, 0.15) is 11.3 Å². The summed E-state index contributed by atoms with van der Waals surface area (Å²) in [6.07, 6.45) is 2.71. The van der Waals surface area contributed by atoms with Crippen LogP contribution in [0.4, 0.5) is 0 Å². The highest BCUT2D eigenvalue weighted by Crippen LogP contribution is 2.37. The van der Waals surface area contributed by atoms with Crippen molar-refractivity contribution in [3.63, 3.8) is 0 Å². The van der Waals surface area contributed by atoms with Crippen LogP contribution in [0.25, 0.3) is 0 Å². The lowest BCUT2D eigenvalue weighted by molar-refractivity contribution is -0.132. The molecule has 1 fully saturated rings. The zero-order chi connectivity index (χ0) is 16.4. The van der Waals surface area contributed by atoms with Gasteiger partial charge in [0.2, 0.25) is 5.91 Å². The van der Waals surface area contributed by atoms with Crippen molar-refractivity contribution in [1.82, 2.24) is 14.8 Å². The number of benzene rings is 1. The van der Waals surface area contributed by atoms with Crippen LogP contribution in [0.5, 0.6) is 0 Å². The first kappa shape index (κ1) is 15.7. The molecule has 0 spiro atoms. The van der Waals surface area contributed by atoms with Gasteiger partial charge in [-0.15, -0.1) is 11.8 Å². The topological polar surface area (TPSA) is 36.4 Å². The maximum absolute atomic E-state index is 12.8. The van der Waals surface area contributed by atoms with Crippen molar-refractivity contribution < 1.29 is 4.79 Å². The van der Waals surface area contributed by atoms with Gasteiger partial charge < -0.3 is 4.90 Å². The van der Waals surface area contributed by atoms with Crippen LogP contribution in [0.3, 0.4) is 0 Å². The maximum atomic E-state index is 12.8. The molecule has 2 aliphatic heterocycles. The molecule has 0 unspecified atom stereocenters. The Kier molecular flexibility index (Phi) is 4.54. The molecule has 4 rings (SSSR count). The van der Waals surface area contributed by atoms with Crippen molar-refractivity contribution >= 4 is 17.7 Å². The van der Waals surface area contributed by atoms with Crippen LogP contribution < -0.4 is 0 Å². The SMILES string of the molecule is O=C([C@H]1Cc2ccccc2S1)N1CCN(Cc2ccccn2)CC1. The minimum absolute atomic E-state index is 0.0599. The van der Waals surface area contributed by atoms with Gasteiger partial charge in [0.1, 0.15) is 0 Å². The van der Waals surface area contributed by atoms with E-state index in [1.165, 1.54) is 10.5 Å². The van der Waals surface area contributed by atoms with E-state index in [4.69, 9.17) is 0 Å². The van der Waals surface area contributed by atoms with E-state index in [1.54, 1.807) is 11.8 Å². The third-order valence-electron chi connectivity index (χ3n) is 4.72. The van der Waals surface area contributed by atoms with Crippen molar-refractivity contribution in [3.8, 4) is 0 Å². The van der Waals surface area contributed by atoms with Gasteiger partial charge in [-0.25, -0.2) is 0 Å². The summed E-state index contributed by atoms with van der Waals surface area (Å²) in [5.41, 5.74) is 2.41. The largest absolute Gasteiger partial charge is 0.339 e. The Bertz CT molecular complexity index is 689. The number of aromatic nitrogens is 1. The summed E-state index contributed by atoms with van der Waals surface area (Å²) >= 11 is 1.73. The van der Waals surface area contributed by atoms with Gasteiger partial charge in [0.25, 0.3) is 0 Å². The van der Waals surface area contributed by atoms with E-state index in [1.807, 2.05) is 23.2 Å². The second-order valence-corrected chi connectivity index (χ2v) is 7.59. The van der Waals surface area contributed by atoms with E-state index in [9.17, 15) is 4.79 Å². The maximum Gasteiger partial charge on any atom is 0.236 e. The number of pyridine rings is 1. The first-order valence-corrected chi connectivity index (χ1v) is 9.33. The highest BCUT2D eigenvalue weighted by atomic mass is 32.2. The summed E-state index contributed by atoms with van der Waals surface area (Å²) in [5.74, 6) is 0.300. The molecule has 1 amide bonds. The normalized spacial score (nSPS) is 20.8. The van der Waals surface area contributed by atoms with Crippen LogP contribution in [-0.2, 0) is 17.8 Å². The summed E-state index contributed by atoms with van der Waals surface area (Å²) in [4.78, 5) is 22.9. The molecule has 24 heavy (non-hydrogen) atoms. The van der Waals surface area contributed by atoms with E-state index in [2.05, 4.69) is 40.2 Å². The van der Waals surface area contributed by atoms with E-state index in [-0.39, 0.29) is 5.25 Å². The number of carbonyl (C=O) groups excluding carboxylic acids is 1. The quantitative estimate of drug-likeness (QED) is 0.861. The summed E-state index contributed by atoms with van der Waals surface area (Å²) in [6, 6.07) is 14.4. The van der Waals surface area contributed by atoms with Crippen molar-refractivity contribution in [2.24, 2.45) is 0 Å². The molecule has 1 atom stereocenters. The first-order valence-electron chi connectivity index (χ1n) is 8.45. The van der Waals surface area contributed by atoms with E-state index < -0.39 is 0 Å². The van der Waals surface area contributed by atoms with Gasteiger partial charge in [-0.1, -0.05) is 24.3 Å². The lowest BCUT2D eigenvalue weighted by atomic mass is 10.1. The van der Waals surface area contributed by atoms with E-state index in [0.717, 1.165) is 44.8 Å². The molecule has 3 heterocycles. The van der Waals surface area contributed by atoms with Gasteiger partial charge in [0.15, 0.2) is 0 Å². The van der Waals surface area contributed by atoms with Gasteiger partial charge in [-0.2, -0.15) is 0 Å². The Morgan fingerprint density at radius 3 is 2.62 bits per heavy atom. The lowest BCUT2D eigenvalue weighted by Gasteiger charge is -2.35. The predicted molar refractivity (Wildman–Crippen MR) is 95.9 cm³/mol. The molecule has 0 radical (unpaired) electrons. The van der Waals surface area contributed by atoms with Crippen LogP contribution in [-0.4, -0.2) is 52.1 Å². The van der Waals surface area contributed by atoms with Crippen LogP contribution in [0, 0.1) is 0 Å². The standard InChI is InChI=1S/C19H21N3OS/c23-19(18-13-15-5-1-2-7-17(15)24-18)22-11-9-21(10-12-22)14-16-6-3-4-8-20-16/h1-8,18H,9-14H2/t18-/m1/s1. The summed E-state index contributed by atoms with van der Waals surface area (Å²) < 4.78 is 0. The molecule has 2 aliphatic rings. The van der Waals surface area contributed by atoms with Crippen molar-refractivity contribution in [3.05, 3.63) is 59.9 Å². The summed E-state index contributed by atoms with van der Waals surface area (Å²) in [7, 11) is 0. The fraction of sp³-hybridized carbons (Fsp3) is 0.368. The molecular weight excluding hydrogens is 318 g/mol. The Morgan fingerprint density at radius 1 is 1.08 bits per heavy atom. The van der Waals surface area contributed by atoms with Gasteiger partial charge >= 0.3 is 0 Å². The fourth-order valence-electron chi connectivity index (χ4n) is 3.37. The van der Waals surface area contributed by atoms with Gasteiger partial charge in [-0.05, 0) is 30.2 Å². The Balaban J connectivity index is 1.31. The highest BCUT2D eigenvalue weighted by Gasteiger charge is 2.32. The molecular formula is C19H21N3OS. The van der Waals surface area contributed by atoms with Gasteiger partial charge in [0.05, 0.1) is 10.9 Å². The fourth-order valence-corrected chi connectivity index (χ4v) is 4.65. The van der Waals surface area contributed by atoms with Crippen molar-refractivity contribution in [2.75, 3.05) is 26.2 Å². The number of hydrogen-bond acceptors (Lipinski definition) is 4. The molecule has 0 bridgehead atoms. The van der Waals surface area contributed by atoms with E-state index in [0.29, 0.717) is 5.91 Å². The third kappa shape index (κ3) is 3.32. The predicted octanol–water partition coefficient (Wildman–Crippen LogP) is 2.44. The third-order valence-corrected chi connectivity index (χ3v) is 6.02. The number of hydrogen-bond donors (Lipinski definition) is 0. The average Bonchev–Trinajstić information content (AvgIpc) is 3.07. The average molecular weight is 339 g/mol. The minimum Gasteiger partial charge on any atom is -0.339 e. The molecule has 0 N–H and O–H groups in total. The summed E-state index contributed by atoms with van der Waals surface area (Å²) in [6.45, 7) is 4.35. The molecule has 5 heteroatoms.